The van der Waals surface area contributed by atoms with Crippen LogP contribution in [0.3, 0.4) is 0 Å². The van der Waals surface area contributed by atoms with Crippen LogP contribution in [0.15, 0.2) is 42.5 Å². The van der Waals surface area contributed by atoms with Gasteiger partial charge in [-0.1, -0.05) is 36.4 Å². The molecule has 6 nitrogen and oxygen atoms in total. The van der Waals surface area contributed by atoms with Crippen LogP contribution >= 0.6 is 0 Å². The van der Waals surface area contributed by atoms with Crippen molar-refractivity contribution in [3.8, 4) is 0 Å². The van der Waals surface area contributed by atoms with E-state index in [2.05, 4.69) is 10.1 Å². The molecule has 1 atom stereocenters. The maximum atomic E-state index is 12.7. The Labute approximate surface area is 141 Å². The molecule has 0 spiro atoms. The molecule has 128 valence electrons. The van der Waals surface area contributed by atoms with E-state index in [1.165, 1.54) is 19.3 Å². The molecule has 0 saturated carbocycles. The highest BCUT2D eigenvalue weighted by Crippen LogP contribution is 2.35. The molecule has 1 aliphatic rings. The summed E-state index contributed by atoms with van der Waals surface area (Å²) in [5.41, 5.74) is -0.142. The lowest BCUT2D eigenvalue weighted by Crippen LogP contribution is -2.47. The normalized spacial score (nSPS) is 20.4. The molecule has 24 heavy (non-hydrogen) atoms. The van der Waals surface area contributed by atoms with E-state index < -0.39 is 11.4 Å². The molecule has 6 heteroatoms. The summed E-state index contributed by atoms with van der Waals surface area (Å²) < 4.78 is 4.49. The minimum Gasteiger partial charge on any atom is -0.466 e. The standard InChI is InChI=1S/C18H22N2O4/c1-20-12-10-18(17(20)23,13-14-7-4-3-5-8-14)16(22)19-11-6-9-15(21)24-2/h3-9H,10-13H2,1-2H3,(H,19,22)/b9-6+. The lowest BCUT2D eigenvalue weighted by atomic mass is 9.79. The molecule has 1 aromatic carbocycles. The molecule has 0 bridgehead atoms. The van der Waals surface area contributed by atoms with E-state index in [0.29, 0.717) is 19.4 Å². The number of carbonyl (C=O) groups is 3. The van der Waals surface area contributed by atoms with Crippen molar-refractivity contribution in [3.63, 3.8) is 0 Å². The number of hydrogen-bond donors (Lipinski definition) is 1. The molecule has 2 rings (SSSR count). The zero-order chi connectivity index (χ0) is 17.6. The fourth-order valence-corrected chi connectivity index (χ4v) is 2.88. The van der Waals surface area contributed by atoms with E-state index in [4.69, 9.17) is 0 Å². The Balaban J connectivity index is 2.12. The number of benzene rings is 1. The van der Waals surface area contributed by atoms with Crippen molar-refractivity contribution in [2.24, 2.45) is 5.41 Å². The van der Waals surface area contributed by atoms with Crippen LogP contribution in [0.5, 0.6) is 0 Å². The van der Waals surface area contributed by atoms with E-state index >= 15 is 0 Å². The Morgan fingerprint density at radius 1 is 1.33 bits per heavy atom. The fourth-order valence-electron chi connectivity index (χ4n) is 2.88. The number of nitrogens with one attached hydrogen (secondary N) is 1. The minimum atomic E-state index is -1.09. The Morgan fingerprint density at radius 2 is 2.04 bits per heavy atom. The first-order valence-electron chi connectivity index (χ1n) is 7.82. The number of carbonyl (C=O) groups excluding carboxylic acids is 3. The van der Waals surface area contributed by atoms with Crippen molar-refractivity contribution in [2.45, 2.75) is 12.8 Å². The molecule has 1 fully saturated rings. The van der Waals surface area contributed by atoms with Gasteiger partial charge in [-0.25, -0.2) is 4.79 Å². The van der Waals surface area contributed by atoms with Gasteiger partial charge in [-0.3, -0.25) is 9.59 Å². The van der Waals surface area contributed by atoms with E-state index in [1.54, 1.807) is 11.9 Å². The van der Waals surface area contributed by atoms with Crippen LogP contribution in [0.4, 0.5) is 0 Å². The van der Waals surface area contributed by atoms with Gasteiger partial charge in [-0.15, -0.1) is 0 Å². The summed E-state index contributed by atoms with van der Waals surface area (Å²) in [6.07, 6.45) is 3.59. The third-order valence-corrected chi connectivity index (χ3v) is 4.25. The first-order chi connectivity index (χ1) is 11.5. The van der Waals surface area contributed by atoms with Gasteiger partial charge in [-0.05, 0) is 18.4 Å². The predicted octanol–water partition coefficient (Wildman–Crippen LogP) is 0.923. The van der Waals surface area contributed by atoms with Crippen molar-refractivity contribution in [2.75, 3.05) is 27.2 Å². The molecule has 1 heterocycles. The van der Waals surface area contributed by atoms with Crippen LogP contribution in [-0.2, 0) is 25.5 Å². The van der Waals surface area contributed by atoms with Gasteiger partial charge in [0.1, 0.15) is 5.41 Å². The van der Waals surface area contributed by atoms with Crippen molar-refractivity contribution in [1.29, 1.82) is 0 Å². The van der Waals surface area contributed by atoms with Gasteiger partial charge in [0.15, 0.2) is 0 Å². The second-order valence-electron chi connectivity index (χ2n) is 5.86. The summed E-state index contributed by atoms with van der Waals surface area (Å²) >= 11 is 0. The quantitative estimate of drug-likeness (QED) is 0.478. The third kappa shape index (κ3) is 3.82. The number of amides is 2. The Morgan fingerprint density at radius 3 is 2.62 bits per heavy atom. The molecule has 0 aromatic heterocycles. The number of ether oxygens (including phenoxy) is 1. The van der Waals surface area contributed by atoms with Crippen LogP contribution in [0, 0.1) is 5.41 Å². The molecule has 0 radical (unpaired) electrons. The maximum absolute atomic E-state index is 12.7. The second kappa shape index (κ2) is 7.77. The summed E-state index contributed by atoms with van der Waals surface area (Å²) in [5, 5.41) is 2.74. The number of methoxy groups -OCH3 is 1. The summed E-state index contributed by atoms with van der Waals surface area (Å²) in [6.45, 7) is 0.721. The largest absolute Gasteiger partial charge is 0.466 e. The van der Waals surface area contributed by atoms with Crippen molar-refractivity contribution in [1.82, 2.24) is 10.2 Å². The number of rotatable bonds is 6. The minimum absolute atomic E-state index is 0.166. The Hall–Kier alpha value is -2.63. The van der Waals surface area contributed by atoms with E-state index in [-0.39, 0.29) is 18.4 Å². The number of hydrogen-bond acceptors (Lipinski definition) is 4. The van der Waals surface area contributed by atoms with Gasteiger partial charge < -0.3 is 15.0 Å². The van der Waals surface area contributed by atoms with Crippen LogP contribution in [-0.4, -0.2) is 49.9 Å². The highest BCUT2D eigenvalue weighted by molar-refractivity contribution is 6.06. The van der Waals surface area contributed by atoms with Gasteiger partial charge in [0, 0.05) is 26.2 Å². The molecular formula is C18H22N2O4. The fraction of sp³-hybridized carbons (Fsp3) is 0.389. The van der Waals surface area contributed by atoms with Crippen LogP contribution in [0.2, 0.25) is 0 Å². The summed E-state index contributed by atoms with van der Waals surface area (Å²) in [7, 11) is 2.99. The number of nitrogens with zero attached hydrogens (tertiary/aromatic N) is 1. The Bertz CT molecular complexity index is 642. The number of esters is 1. The molecule has 1 saturated heterocycles. The highest BCUT2D eigenvalue weighted by atomic mass is 16.5. The molecule has 1 N–H and O–H groups in total. The lowest BCUT2D eigenvalue weighted by molar-refractivity contribution is -0.144. The zero-order valence-corrected chi connectivity index (χ0v) is 14.0. The van der Waals surface area contributed by atoms with Gasteiger partial charge in [0.05, 0.1) is 7.11 Å². The van der Waals surface area contributed by atoms with Crippen molar-refractivity contribution < 1.29 is 19.1 Å². The average molecular weight is 330 g/mol. The molecule has 1 unspecified atom stereocenters. The smallest absolute Gasteiger partial charge is 0.330 e. The lowest BCUT2D eigenvalue weighted by Gasteiger charge is -2.26. The van der Waals surface area contributed by atoms with Gasteiger partial charge in [0.2, 0.25) is 11.8 Å². The predicted molar refractivity (Wildman–Crippen MR) is 89.0 cm³/mol. The number of likely N-dealkylation sites (tertiary alicyclic amines) is 1. The Kier molecular flexibility index (Phi) is 5.73. The van der Waals surface area contributed by atoms with Gasteiger partial charge in [0.25, 0.3) is 0 Å². The van der Waals surface area contributed by atoms with Crippen LogP contribution in [0.1, 0.15) is 12.0 Å². The zero-order valence-electron chi connectivity index (χ0n) is 14.0. The van der Waals surface area contributed by atoms with Crippen LogP contribution < -0.4 is 5.32 Å². The van der Waals surface area contributed by atoms with E-state index in [1.807, 2.05) is 30.3 Å². The molecule has 0 aliphatic carbocycles. The summed E-state index contributed by atoms with van der Waals surface area (Å²) in [5.74, 6) is -0.962. The van der Waals surface area contributed by atoms with E-state index in [9.17, 15) is 14.4 Å². The molecule has 2 amide bonds. The van der Waals surface area contributed by atoms with Crippen molar-refractivity contribution >= 4 is 17.8 Å². The first kappa shape index (κ1) is 17.7. The topological polar surface area (TPSA) is 75.7 Å². The molecule has 1 aromatic rings. The molecular weight excluding hydrogens is 308 g/mol. The summed E-state index contributed by atoms with van der Waals surface area (Å²) in [6, 6.07) is 9.51. The average Bonchev–Trinajstić information content (AvgIpc) is 2.88. The monoisotopic (exact) mass is 330 g/mol. The van der Waals surface area contributed by atoms with Gasteiger partial charge >= 0.3 is 5.97 Å². The maximum Gasteiger partial charge on any atom is 0.330 e. The van der Waals surface area contributed by atoms with E-state index in [0.717, 1.165) is 5.56 Å². The third-order valence-electron chi connectivity index (χ3n) is 4.25. The first-order valence-corrected chi connectivity index (χ1v) is 7.82. The van der Waals surface area contributed by atoms with Crippen LogP contribution in [0.25, 0.3) is 0 Å². The second-order valence-corrected chi connectivity index (χ2v) is 5.86. The summed E-state index contributed by atoms with van der Waals surface area (Å²) in [4.78, 5) is 38.0. The van der Waals surface area contributed by atoms with Crippen molar-refractivity contribution in [3.05, 3.63) is 48.0 Å². The van der Waals surface area contributed by atoms with Gasteiger partial charge in [-0.2, -0.15) is 0 Å². The SMILES string of the molecule is COC(=O)/C=C/CNC(=O)C1(Cc2ccccc2)CCN(C)C1=O. The molecule has 1 aliphatic heterocycles. The highest BCUT2D eigenvalue weighted by Gasteiger charge is 2.51.